The molecule has 0 unspecified atom stereocenters. The maximum absolute atomic E-state index is 8.39. The van der Waals surface area contributed by atoms with E-state index in [9.17, 15) is 0 Å². The van der Waals surface area contributed by atoms with Crippen molar-refractivity contribution >= 4 is 5.96 Å². The summed E-state index contributed by atoms with van der Waals surface area (Å²) in [6.45, 7) is 5.50. The molecule has 0 saturated carbocycles. The first kappa shape index (κ1) is 14.1. The summed E-state index contributed by atoms with van der Waals surface area (Å²) in [6.07, 6.45) is 5.03. The Morgan fingerprint density at radius 2 is 2.33 bits per heavy atom. The molecule has 1 aliphatic heterocycles. The molecule has 0 spiro atoms. The van der Waals surface area contributed by atoms with E-state index in [2.05, 4.69) is 22.2 Å². The topological polar surface area (TPSA) is 95.5 Å². The van der Waals surface area contributed by atoms with Crippen LogP contribution in [0.3, 0.4) is 0 Å². The lowest BCUT2D eigenvalue weighted by Gasteiger charge is -2.19. The van der Waals surface area contributed by atoms with Gasteiger partial charge in [0.1, 0.15) is 11.8 Å². The summed E-state index contributed by atoms with van der Waals surface area (Å²) in [4.78, 5) is 4.37. The Bertz CT molecular complexity index is 363. The molecule has 0 aromatic carbocycles. The number of nitriles is 1. The van der Waals surface area contributed by atoms with Crippen molar-refractivity contribution in [3.8, 4) is 6.07 Å². The largest absolute Gasteiger partial charge is 0.477 e. The van der Waals surface area contributed by atoms with Gasteiger partial charge in [0, 0.05) is 6.20 Å². The van der Waals surface area contributed by atoms with Gasteiger partial charge in [-0.3, -0.25) is 0 Å². The van der Waals surface area contributed by atoms with Gasteiger partial charge >= 0.3 is 0 Å². The zero-order chi connectivity index (χ0) is 13.2. The van der Waals surface area contributed by atoms with Crippen LogP contribution in [-0.2, 0) is 4.74 Å². The van der Waals surface area contributed by atoms with Crippen LogP contribution in [0.15, 0.2) is 29.6 Å². The van der Waals surface area contributed by atoms with Crippen LogP contribution in [0.5, 0.6) is 0 Å². The quantitative estimate of drug-likeness (QED) is 0.280. The normalized spacial score (nSPS) is 17.9. The lowest BCUT2D eigenvalue weighted by atomic mass is 10.1. The highest BCUT2D eigenvalue weighted by Crippen LogP contribution is 2.06. The van der Waals surface area contributed by atoms with E-state index in [1.807, 2.05) is 6.07 Å². The van der Waals surface area contributed by atoms with Gasteiger partial charge in [-0.1, -0.05) is 6.58 Å². The Morgan fingerprint density at radius 3 is 2.94 bits per heavy atom. The van der Waals surface area contributed by atoms with Gasteiger partial charge in [-0.25, -0.2) is 4.99 Å². The summed E-state index contributed by atoms with van der Waals surface area (Å²) in [6, 6.07) is 2.14. The van der Waals surface area contributed by atoms with E-state index < -0.39 is 0 Å². The third-order valence-corrected chi connectivity index (χ3v) is 2.50. The van der Waals surface area contributed by atoms with E-state index in [0.717, 1.165) is 25.9 Å². The first-order valence-electron chi connectivity index (χ1n) is 5.89. The molecular weight excluding hydrogens is 230 g/mol. The molecule has 6 heteroatoms. The molecule has 1 heterocycles. The second kappa shape index (κ2) is 8.14. The van der Waals surface area contributed by atoms with Gasteiger partial charge in [-0.15, -0.1) is 0 Å². The SMILES string of the molecule is C=C/C(=C\NC(N)=NC1CCNCC1)OCC#N. The van der Waals surface area contributed by atoms with Crippen molar-refractivity contribution in [1.29, 1.82) is 5.26 Å². The number of nitrogens with two attached hydrogens (primary N) is 1. The molecule has 0 aliphatic carbocycles. The first-order chi connectivity index (χ1) is 8.76. The zero-order valence-corrected chi connectivity index (χ0v) is 10.4. The number of rotatable bonds is 5. The second-order valence-corrected chi connectivity index (χ2v) is 3.84. The van der Waals surface area contributed by atoms with E-state index in [1.165, 1.54) is 6.08 Å². The van der Waals surface area contributed by atoms with Gasteiger partial charge in [0.25, 0.3) is 0 Å². The van der Waals surface area contributed by atoms with Crippen molar-refractivity contribution in [2.75, 3.05) is 19.7 Å². The van der Waals surface area contributed by atoms with Crippen LogP contribution in [0, 0.1) is 11.3 Å². The fraction of sp³-hybridized carbons (Fsp3) is 0.500. The highest BCUT2D eigenvalue weighted by atomic mass is 16.5. The van der Waals surface area contributed by atoms with E-state index in [0.29, 0.717) is 11.7 Å². The summed E-state index contributed by atoms with van der Waals surface area (Å²) < 4.78 is 5.08. The summed E-state index contributed by atoms with van der Waals surface area (Å²) >= 11 is 0. The van der Waals surface area contributed by atoms with Crippen molar-refractivity contribution in [3.63, 3.8) is 0 Å². The molecule has 1 aliphatic rings. The average Bonchev–Trinajstić information content (AvgIpc) is 2.40. The maximum Gasteiger partial charge on any atom is 0.193 e. The molecule has 0 aromatic heterocycles. The van der Waals surface area contributed by atoms with Crippen LogP contribution >= 0.6 is 0 Å². The van der Waals surface area contributed by atoms with Crippen molar-refractivity contribution < 1.29 is 4.74 Å². The summed E-state index contributed by atoms with van der Waals surface area (Å²) in [5.41, 5.74) is 5.76. The standard InChI is InChI=1S/C12H19N5O/c1-2-11(18-8-5-13)9-16-12(14)17-10-3-6-15-7-4-10/h2,9-10,15H,1,3-4,6-8H2,(H3,14,16,17)/b11-9+. The van der Waals surface area contributed by atoms with Crippen molar-refractivity contribution in [1.82, 2.24) is 10.6 Å². The van der Waals surface area contributed by atoms with Crippen LogP contribution in [-0.4, -0.2) is 31.7 Å². The minimum absolute atomic E-state index is 0.0229. The molecule has 0 amide bonds. The Kier molecular flexibility index (Phi) is 6.36. The zero-order valence-electron chi connectivity index (χ0n) is 10.4. The number of aliphatic imine (C=N–C) groups is 1. The van der Waals surface area contributed by atoms with Gasteiger partial charge in [0.05, 0.1) is 6.04 Å². The van der Waals surface area contributed by atoms with Crippen LogP contribution in [0.4, 0.5) is 0 Å². The highest BCUT2D eigenvalue weighted by molar-refractivity contribution is 5.79. The molecule has 98 valence electrons. The molecule has 1 fully saturated rings. The number of hydrogen-bond donors (Lipinski definition) is 3. The minimum Gasteiger partial charge on any atom is -0.477 e. The van der Waals surface area contributed by atoms with Crippen molar-refractivity contribution in [2.45, 2.75) is 18.9 Å². The van der Waals surface area contributed by atoms with Crippen LogP contribution in [0.2, 0.25) is 0 Å². The first-order valence-corrected chi connectivity index (χ1v) is 5.89. The molecule has 0 aromatic rings. The van der Waals surface area contributed by atoms with E-state index in [1.54, 1.807) is 6.20 Å². The van der Waals surface area contributed by atoms with E-state index in [4.69, 9.17) is 15.7 Å². The monoisotopic (exact) mass is 249 g/mol. The fourth-order valence-corrected chi connectivity index (χ4v) is 1.59. The van der Waals surface area contributed by atoms with Crippen LogP contribution in [0.25, 0.3) is 0 Å². The van der Waals surface area contributed by atoms with Crippen molar-refractivity contribution in [2.24, 2.45) is 10.7 Å². The van der Waals surface area contributed by atoms with E-state index in [-0.39, 0.29) is 12.6 Å². The Labute approximate surface area is 107 Å². The Balaban J connectivity index is 2.44. The molecule has 1 rings (SSSR count). The predicted octanol–water partition coefficient (Wildman–Crippen LogP) is 0.210. The molecule has 0 radical (unpaired) electrons. The number of piperidine rings is 1. The number of hydrogen-bond acceptors (Lipinski definition) is 4. The third-order valence-electron chi connectivity index (χ3n) is 2.50. The number of allylic oxidation sites excluding steroid dienone is 1. The van der Waals surface area contributed by atoms with E-state index >= 15 is 0 Å². The lowest BCUT2D eigenvalue weighted by molar-refractivity contribution is 0.264. The smallest absolute Gasteiger partial charge is 0.193 e. The molecular formula is C12H19N5O. The molecule has 0 bridgehead atoms. The highest BCUT2D eigenvalue weighted by Gasteiger charge is 2.11. The predicted molar refractivity (Wildman–Crippen MR) is 70.5 cm³/mol. The molecule has 18 heavy (non-hydrogen) atoms. The van der Waals surface area contributed by atoms with Gasteiger partial charge in [-0.05, 0) is 32.0 Å². The second-order valence-electron chi connectivity index (χ2n) is 3.84. The number of nitrogens with one attached hydrogen (secondary N) is 2. The minimum atomic E-state index is -0.0229. The number of guanidine groups is 1. The molecule has 4 N–H and O–H groups in total. The summed E-state index contributed by atoms with van der Waals surface area (Å²) in [5.74, 6) is 0.807. The maximum atomic E-state index is 8.39. The van der Waals surface area contributed by atoms with Crippen LogP contribution in [0.1, 0.15) is 12.8 Å². The molecule has 6 nitrogen and oxygen atoms in total. The lowest BCUT2D eigenvalue weighted by Crippen LogP contribution is -2.34. The fourth-order valence-electron chi connectivity index (χ4n) is 1.59. The molecule has 1 saturated heterocycles. The summed E-state index contributed by atoms with van der Waals surface area (Å²) in [7, 11) is 0. The number of ether oxygens (including phenoxy) is 1. The molecule has 0 atom stereocenters. The Morgan fingerprint density at radius 1 is 1.61 bits per heavy atom. The summed E-state index contributed by atoms with van der Waals surface area (Å²) in [5, 5.41) is 14.5. The van der Waals surface area contributed by atoms with Gasteiger partial charge in [-0.2, -0.15) is 5.26 Å². The third kappa shape index (κ3) is 5.37. The van der Waals surface area contributed by atoms with Gasteiger partial charge in [0.2, 0.25) is 0 Å². The average molecular weight is 249 g/mol. The van der Waals surface area contributed by atoms with Gasteiger partial charge < -0.3 is 21.1 Å². The Hall–Kier alpha value is -2.00. The number of nitrogens with zero attached hydrogens (tertiary/aromatic N) is 2. The van der Waals surface area contributed by atoms with Gasteiger partial charge in [0.15, 0.2) is 12.6 Å². The van der Waals surface area contributed by atoms with Crippen molar-refractivity contribution in [3.05, 3.63) is 24.6 Å². The van der Waals surface area contributed by atoms with Crippen LogP contribution < -0.4 is 16.4 Å².